The van der Waals surface area contributed by atoms with E-state index >= 15 is 0 Å². The Morgan fingerprint density at radius 1 is 0.686 bits per heavy atom. The predicted molar refractivity (Wildman–Crippen MR) is 292 cm³/mol. The lowest BCUT2D eigenvalue weighted by Gasteiger charge is -2.51. The van der Waals surface area contributed by atoms with E-state index in [-0.39, 0.29) is 19.4 Å². The standard InChI is InChI=1S/C52H97N7O27/c1-6-52(5,10-7-8-32(68)69)76-11-9-20(2)86-58-13-24(53)40(72)44(25(67)14-60)82-50-36(57)42(74)46(30(18-64)80-50)83-49-35(56)39(71)23(28(16-62)79-49)12-26-33(54)41(73)45(29(17-63)77-26)85-51-37(59-22(4)66)43(75)47(31(19-65)81-51)84-48-34(55)38(70)21(3)27(15-61)78-48/h13,20-21,23-31,33-51,60-65,67,70-75H,6-12,14-19,53-57H2,1-5H3,(H,59,66)(H,68,69)/b58-13+. The molecule has 31 atom stereocenters. The third-order valence-electron chi connectivity index (χ3n) is 16.9. The molecule has 0 spiro atoms. The molecule has 1 amide bonds. The van der Waals surface area contributed by atoms with Crippen LogP contribution < -0.4 is 34.0 Å². The minimum Gasteiger partial charge on any atom is -0.481 e. The number of nitrogens with one attached hydrogen (secondary N) is 1. The van der Waals surface area contributed by atoms with Gasteiger partial charge in [0.2, 0.25) is 5.91 Å². The second kappa shape index (κ2) is 34.1. The van der Waals surface area contributed by atoms with Crippen molar-refractivity contribution in [3.8, 4) is 0 Å². The maximum Gasteiger partial charge on any atom is 0.303 e. The first-order valence-electron chi connectivity index (χ1n) is 29.1. The van der Waals surface area contributed by atoms with Crippen molar-refractivity contribution in [1.29, 1.82) is 0 Å². The molecule has 0 aromatic carbocycles. The molecular formula is C52H97N7O27. The number of rotatable bonds is 32. The topological polar surface area (TPSA) is 573 Å². The van der Waals surface area contributed by atoms with Crippen LogP contribution in [-0.4, -0.2) is 313 Å². The summed E-state index contributed by atoms with van der Waals surface area (Å²) in [6.45, 7) is 3.70. The molecule has 5 fully saturated rings. The minimum absolute atomic E-state index is 0.0202. The molecule has 31 unspecified atom stereocenters. The van der Waals surface area contributed by atoms with Gasteiger partial charge in [-0.15, -0.1) is 0 Å². The first-order valence-corrected chi connectivity index (χ1v) is 29.1. The Morgan fingerprint density at radius 3 is 1.73 bits per heavy atom. The zero-order chi connectivity index (χ0) is 64.1. The van der Waals surface area contributed by atoms with E-state index in [1.165, 1.54) is 0 Å². The fourth-order valence-corrected chi connectivity index (χ4v) is 11.2. The summed E-state index contributed by atoms with van der Waals surface area (Å²) < 4.78 is 59.8. The Balaban J connectivity index is 1.19. The van der Waals surface area contributed by atoms with Gasteiger partial charge in [-0.05, 0) is 39.5 Å². The van der Waals surface area contributed by atoms with Crippen molar-refractivity contribution in [2.45, 2.75) is 250 Å². The normalized spacial score (nSPS) is 41.4. The van der Waals surface area contributed by atoms with Crippen molar-refractivity contribution in [3.63, 3.8) is 0 Å². The molecule has 0 radical (unpaired) electrons. The number of ether oxygens (including phenoxy) is 10. The SMILES string of the molecule is CCC(C)(CCCC(=O)O)OCCC(C)O/N=C/C(N)C(O)C(OC1OC(CO)C(OC2OC(CO)C(CC3OC(CO)C(OC4OC(CO)C(OC5OC(CO)C(C)C(O)C5N)C(O)C4NC(C)=O)C(O)C3N)C(O)C2N)C(O)C1N)C(O)CO. The van der Waals surface area contributed by atoms with Crippen LogP contribution in [0.4, 0.5) is 0 Å². The molecule has 0 aromatic rings. The number of carbonyl (C=O) groups excluding carboxylic acids is 1. The van der Waals surface area contributed by atoms with Gasteiger partial charge in [0.15, 0.2) is 25.2 Å². The maximum atomic E-state index is 12.5. The first kappa shape index (κ1) is 74.0. The highest BCUT2D eigenvalue weighted by Crippen LogP contribution is 2.38. The Labute approximate surface area is 497 Å². The van der Waals surface area contributed by atoms with Gasteiger partial charge in [-0.1, -0.05) is 19.0 Å². The number of hydrogen-bond acceptors (Lipinski definition) is 32. The number of amides is 1. The molecule has 34 nitrogen and oxygen atoms in total. The smallest absolute Gasteiger partial charge is 0.303 e. The molecule has 0 aromatic heterocycles. The lowest BCUT2D eigenvalue weighted by Crippen LogP contribution is -2.70. The van der Waals surface area contributed by atoms with Gasteiger partial charge in [0.1, 0.15) is 85.4 Å². The number of hydrogen-bond donors (Lipinski definition) is 20. The van der Waals surface area contributed by atoms with Crippen LogP contribution in [0.25, 0.3) is 0 Å². The summed E-state index contributed by atoms with van der Waals surface area (Å²) in [7, 11) is 0. The summed E-state index contributed by atoms with van der Waals surface area (Å²) in [5, 5.41) is 157. The van der Waals surface area contributed by atoms with Crippen LogP contribution in [0.1, 0.15) is 73.1 Å². The zero-order valence-electron chi connectivity index (χ0n) is 49.0. The van der Waals surface area contributed by atoms with Gasteiger partial charge >= 0.3 is 5.97 Å². The highest BCUT2D eigenvalue weighted by molar-refractivity contribution is 5.73. The Bertz CT molecular complexity index is 2050. The van der Waals surface area contributed by atoms with E-state index in [2.05, 4.69) is 10.5 Å². The van der Waals surface area contributed by atoms with Gasteiger partial charge < -0.3 is 158 Å². The van der Waals surface area contributed by atoms with E-state index in [1.54, 1.807) is 13.8 Å². The largest absolute Gasteiger partial charge is 0.481 e. The number of nitrogens with two attached hydrogens (primary N) is 5. The zero-order valence-corrected chi connectivity index (χ0v) is 49.0. The maximum absolute atomic E-state index is 12.5. The van der Waals surface area contributed by atoms with Gasteiger partial charge in [0, 0.05) is 31.6 Å². The van der Waals surface area contributed by atoms with Crippen LogP contribution in [0, 0.1) is 11.8 Å². The van der Waals surface area contributed by atoms with Gasteiger partial charge in [-0.3, -0.25) is 9.59 Å². The molecule has 0 bridgehead atoms. The quantitative estimate of drug-likeness (QED) is 0.0220. The van der Waals surface area contributed by atoms with Crippen molar-refractivity contribution >= 4 is 18.1 Å². The Hall–Kier alpha value is -2.71. The molecule has 34 heteroatoms. The molecule has 0 aliphatic carbocycles. The van der Waals surface area contributed by atoms with E-state index in [0.29, 0.717) is 25.7 Å². The number of carboxylic acid groups (broad SMARTS) is 1. The number of aliphatic carboxylic acids is 1. The van der Waals surface area contributed by atoms with Crippen LogP contribution in [0.15, 0.2) is 5.16 Å². The Kier molecular flexibility index (Phi) is 29.3. The predicted octanol–water partition coefficient (Wildman–Crippen LogP) is -9.32. The number of carbonyl (C=O) groups is 2. The fourth-order valence-electron chi connectivity index (χ4n) is 11.2. The number of oxime groups is 1. The molecular weight excluding hydrogens is 1150 g/mol. The number of aliphatic hydroxyl groups is 13. The third kappa shape index (κ3) is 18.5. The second-order valence-electron chi connectivity index (χ2n) is 23.1. The van der Waals surface area contributed by atoms with Crippen molar-refractivity contribution < 1.29 is 133 Å². The molecule has 0 saturated carbocycles. The Morgan fingerprint density at radius 2 is 1.19 bits per heavy atom. The highest BCUT2D eigenvalue weighted by atomic mass is 16.7. The monoisotopic (exact) mass is 1250 g/mol. The summed E-state index contributed by atoms with van der Waals surface area (Å²) in [5.41, 5.74) is 31.2. The van der Waals surface area contributed by atoms with Gasteiger partial charge in [-0.25, -0.2) is 0 Å². The molecule has 5 aliphatic rings. The molecule has 5 heterocycles. The van der Waals surface area contributed by atoms with Crippen LogP contribution in [0.3, 0.4) is 0 Å². The number of nitrogens with zero attached hydrogens (tertiary/aromatic N) is 1. The summed E-state index contributed by atoms with van der Waals surface area (Å²) in [6.07, 6.45) is -30.3. The average Bonchev–Trinajstić information content (AvgIpc) is 1.03. The second-order valence-corrected chi connectivity index (χ2v) is 23.1. The summed E-state index contributed by atoms with van der Waals surface area (Å²) >= 11 is 0. The van der Waals surface area contributed by atoms with Crippen molar-refractivity contribution in [3.05, 3.63) is 0 Å². The van der Waals surface area contributed by atoms with Crippen LogP contribution >= 0.6 is 0 Å². The number of aliphatic hydroxyl groups excluding tert-OH is 13. The summed E-state index contributed by atoms with van der Waals surface area (Å²) in [6, 6.07) is -8.58. The van der Waals surface area contributed by atoms with E-state index < -0.39 is 240 Å². The van der Waals surface area contributed by atoms with E-state index in [0.717, 1.165) is 13.1 Å². The van der Waals surface area contributed by atoms with Crippen molar-refractivity contribution in [2.75, 3.05) is 46.2 Å². The van der Waals surface area contributed by atoms with E-state index in [4.69, 9.17) is 86.0 Å². The molecule has 5 rings (SSSR count). The average molecular weight is 1250 g/mol. The minimum atomic E-state index is -1.83. The molecule has 25 N–H and O–H groups in total. The molecule has 5 saturated heterocycles. The summed E-state index contributed by atoms with van der Waals surface area (Å²) in [5.74, 6) is -3.33. The third-order valence-corrected chi connectivity index (χ3v) is 16.9. The van der Waals surface area contributed by atoms with Crippen LogP contribution in [-0.2, 0) is 61.8 Å². The fraction of sp³-hybridized carbons (Fsp3) is 0.942. The first-order chi connectivity index (χ1) is 40.6. The lowest BCUT2D eigenvalue weighted by molar-refractivity contribution is -0.344. The molecule has 502 valence electrons. The molecule has 5 aliphatic heterocycles. The van der Waals surface area contributed by atoms with Crippen molar-refractivity contribution in [2.24, 2.45) is 45.7 Å². The lowest BCUT2D eigenvalue weighted by atomic mass is 9.80. The van der Waals surface area contributed by atoms with Gasteiger partial charge in [0.25, 0.3) is 0 Å². The van der Waals surface area contributed by atoms with E-state index in [9.17, 15) is 76.0 Å². The van der Waals surface area contributed by atoms with Gasteiger partial charge in [0.05, 0.1) is 119 Å². The van der Waals surface area contributed by atoms with Crippen LogP contribution in [0.5, 0.6) is 0 Å². The van der Waals surface area contributed by atoms with Crippen molar-refractivity contribution in [1.82, 2.24) is 5.32 Å². The number of carboxylic acids is 1. The highest BCUT2D eigenvalue weighted by Gasteiger charge is 2.56. The molecule has 86 heavy (non-hydrogen) atoms. The van der Waals surface area contributed by atoms with Gasteiger partial charge in [-0.2, -0.15) is 0 Å². The van der Waals surface area contributed by atoms with Crippen LogP contribution in [0.2, 0.25) is 0 Å². The summed E-state index contributed by atoms with van der Waals surface area (Å²) in [4.78, 5) is 28.9. The van der Waals surface area contributed by atoms with E-state index in [1.807, 2.05) is 13.8 Å².